The van der Waals surface area contributed by atoms with Crippen LogP contribution in [0.3, 0.4) is 0 Å². The Morgan fingerprint density at radius 1 is 1.32 bits per heavy atom. The lowest BCUT2D eigenvalue weighted by Crippen LogP contribution is -2.42. The van der Waals surface area contributed by atoms with Gasteiger partial charge in [0.15, 0.2) is 0 Å². The number of ether oxygens (including phenoxy) is 1. The zero-order valence-electron chi connectivity index (χ0n) is 12.0. The topological polar surface area (TPSA) is 73.1 Å². The molecular weight excluding hydrogens is 246 g/mol. The molecule has 1 amide bonds. The number of nitrogens with zero attached hydrogens (tertiary/aromatic N) is 5. The maximum Gasteiger partial charge on any atom is 0.410 e. The summed E-state index contributed by atoms with van der Waals surface area (Å²) in [5, 5.41) is 11.5. The van der Waals surface area contributed by atoms with Crippen LogP contribution in [0.15, 0.2) is 0 Å². The summed E-state index contributed by atoms with van der Waals surface area (Å²) in [6, 6.07) is 0.272. The molecule has 0 bridgehead atoms. The predicted octanol–water partition coefficient (Wildman–Crippen LogP) is 1.55. The monoisotopic (exact) mass is 267 g/mol. The molecule has 1 aliphatic rings. The molecule has 1 aromatic heterocycles. The smallest absolute Gasteiger partial charge is 0.410 e. The van der Waals surface area contributed by atoms with Crippen LogP contribution < -0.4 is 0 Å². The van der Waals surface area contributed by atoms with Crippen molar-refractivity contribution < 1.29 is 9.53 Å². The van der Waals surface area contributed by atoms with Gasteiger partial charge in [-0.05, 0) is 51.0 Å². The molecule has 1 saturated heterocycles. The van der Waals surface area contributed by atoms with Gasteiger partial charge in [0.05, 0.1) is 6.04 Å². The third-order valence-electron chi connectivity index (χ3n) is 3.12. The Morgan fingerprint density at radius 3 is 2.42 bits per heavy atom. The van der Waals surface area contributed by atoms with Gasteiger partial charge in [-0.1, -0.05) is 0 Å². The lowest BCUT2D eigenvalue weighted by molar-refractivity contribution is 0.0184. The summed E-state index contributed by atoms with van der Waals surface area (Å²) in [5.41, 5.74) is -0.444. The normalized spacial score (nSPS) is 17.6. The van der Waals surface area contributed by atoms with Gasteiger partial charge < -0.3 is 9.64 Å². The highest BCUT2D eigenvalue weighted by atomic mass is 16.6. The Kier molecular flexibility index (Phi) is 3.73. The van der Waals surface area contributed by atoms with Crippen molar-refractivity contribution in [2.24, 2.45) is 0 Å². The van der Waals surface area contributed by atoms with Crippen molar-refractivity contribution in [1.29, 1.82) is 0 Å². The first kappa shape index (κ1) is 13.8. The second-order valence-corrected chi connectivity index (χ2v) is 5.87. The minimum atomic E-state index is -0.444. The van der Waals surface area contributed by atoms with Crippen molar-refractivity contribution in [3.05, 3.63) is 5.82 Å². The van der Waals surface area contributed by atoms with Crippen LogP contribution in [0.1, 0.15) is 45.5 Å². The molecule has 19 heavy (non-hydrogen) atoms. The van der Waals surface area contributed by atoms with Gasteiger partial charge in [-0.3, -0.25) is 0 Å². The van der Waals surface area contributed by atoms with Crippen LogP contribution in [-0.4, -0.2) is 49.9 Å². The van der Waals surface area contributed by atoms with E-state index in [0.717, 1.165) is 18.7 Å². The summed E-state index contributed by atoms with van der Waals surface area (Å²) < 4.78 is 7.21. The number of likely N-dealkylation sites (tertiary alicyclic amines) is 1. The van der Waals surface area contributed by atoms with Crippen molar-refractivity contribution in [1.82, 2.24) is 25.1 Å². The van der Waals surface area contributed by atoms with Crippen molar-refractivity contribution in [2.75, 3.05) is 13.1 Å². The van der Waals surface area contributed by atoms with Crippen molar-refractivity contribution in [3.8, 4) is 0 Å². The number of piperidine rings is 1. The molecule has 0 aromatic carbocycles. The van der Waals surface area contributed by atoms with E-state index in [1.54, 1.807) is 4.90 Å². The lowest BCUT2D eigenvalue weighted by atomic mass is 10.1. The molecule has 2 rings (SSSR count). The van der Waals surface area contributed by atoms with E-state index < -0.39 is 5.60 Å². The van der Waals surface area contributed by atoms with Gasteiger partial charge >= 0.3 is 6.09 Å². The van der Waals surface area contributed by atoms with Gasteiger partial charge in [-0.25, -0.2) is 9.48 Å². The highest BCUT2D eigenvalue weighted by Crippen LogP contribution is 2.23. The average molecular weight is 267 g/mol. The van der Waals surface area contributed by atoms with E-state index in [-0.39, 0.29) is 12.1 Å². The van der Waals surface area contributed by atoms with Gasteiger partial charge in [-0.2, -0.15) is 0 Å². The molecule has 7 heteroatoms. The molecule has 0 radical (unpaired) electrons. The zero-order chi connectivity index (χ0) is 14.0. The highest BCUT2D eigenvalue weighted by Gasteiger charge is 2.28. The van der Waals surface area contributed by atoms with Crippen molar-refractivity contribution >= 4 is 6.09 Å². The Balaban J connectivity index is 1.89. The van der Waals surface area contributed by atoms with Crippen LogP contribution in [0.4, 0.5) is 4.79 Å². The molecule has 7 nitrogen and oxygen atoms in total. The van der Waals surface area contributed by atoms with Crippen LogP contribution in [0.5, 0.6) is 0 Å². The van der Waals surface area contributed by atoms with Crippen LogP contribution in [0.2, 0.25) is 0 Å². The minimum absolute atomic E-state index is 0.237. The molecule has 1 aliphatic heterocycles. The Morgan fingerprint density at radius 2 is 1.95 bits per heavy atom. The molecule has 1 aromatic rings. The van der Waals surface area contributed by atoms with Crippen LogP contribution in [-0.2, 0) is 4.74 Å². The van der Waals surface area contributed by atoms with Gasteiger partial charge in [0.2, 0.25) is 0 Å². The van der Waals surface area contributed by atoms with E-state index in [1.165, 1.54) is 0 Å². The fourth-order valence-corrected chi connectivity index (χ4v) is 2.20. The second-order valence-electron chi connectivity index (χ2n) is 5.87. The molecule has 1 fully saturated rings. The van der Waals surface area contributed by atoms with E-state index in [9.17, 15) is 4.79 Å². The number of carbonyl (C=O) groups is 1. The average Bonchev–Trinajstić information content (AvgIpc) is 2.73. The van der Waals surface area contributed by atoms with Gasteiger partial charge in [0, 0.05) is 13.1 Å². The Labute approximate surface area is 112 Å². The minimum Gasteiger partial charge on any atom is -0.444 e. The SMILES string of the molecule is Cc1nnnn1C1CCN(C(=O)OC(C)(C)C)CC1. The third-order valence-corrected chi connectivity index (χ3v) is 3.12. The molecule has 0 unspecified atom stereocenters. The first-order valence-electron chi connectivity index (χ1n) is 6.59. The summed E-state index contributed by atoms with van der Waals surface area (Å²) >= 11 is 0. The standard InChI is InChI=1S/C12H21N5O2/c1-9-13-14-15-17(9)10-5-7-16(8-6-10)11(18)19-12(2,3)4/h10H,5-8H2,1-4H3. The van der Waals surface area contributed by atoms with Gasteiger partial charge in [0.1, 0.15) is 11.4 Å². The molecular formula is C12H21N5O2. The predicted molar refractivity (Wildman–Crippen MR) is 68.6 cm³/mol. The van der Waals surface area contributed by atoms with E-state index in [1.807, 2.05) is 32.4 Å². The van der Waals surface area contributed by atoms with Crippen molar-refractivity contribution in [3.63, 3.8) is 0 Å². The molecule has 0 N–H and O–H groups in total. The van der Waals surface area contributed by atoms with E-state index >= 15 is 0 Å². The van der Waals surface area contributed by atoms with Gasteiger partial charge in [-0.15, -0.1) is 5.10 Å². The fraction of sp³-hybridized carbons (Fsp3) is 0.833. The summed E-state index contributed by atoms with van der Waals surface area (Å²) in [6.45, 7) is 8.88. The quantitative estimate of drug-likeness (QED) is 0.772. The Hall–Kier alpha value is -1.66. The number of aryl methyl sites for hydroxylation is 1. The molecule has 0 spiro atoms. The number of aromatic nitrogens is 4. The van der Waals surface area contributed by atoms with E-state index in [0.29, 0.717) is 13.1 Å². The first-order valence-corrected chi connectivity index (χ1v) is 6.59. The number of tetrazole rings is 1. The number of carbonyl (C=O) groups excluding carboxylic acids is 1. The first-order chi connectivity index (χ1) is 8.87. The number of hydrogen-bond donors (Lipinski definition) is 0. The maximum atomic E-state index is 11.9. The summed E-state index contributed by atoms with van der Waals surface area (Å²) in [4.78, 5) is 13.7. The largest absolute Gasteiger partial charge is 0.444 e. The molecule has 2 heterocycles. The molecule has 0 saturated carbocycles. The summed E-state index contributed by atoms with van der Waals surface area (Å²) in [5.74, 6) is 0.815. The maximum absolute atomic E-state index is 11.9. The number of amides is 1. The second kappa shape index (κ2) is 5.14. The van der Waals surface area contributed by atoms with E-state index in [2.05, 4.69) is 15.5 Å². The third kappa shape index (κ3) is 3.42. The summed E-state index contributed by atoms with van der Waals surface area (Å²) in [6.07, 6.45) is 1.47. The van der Waals surface area contributed by atoms with Crippen molar-refractivity contribution in [2.45, 2.75) is 52.2 Å². The fourth-order valence-electron chi connectivity index (χ4n) is 2.20. The highest BCUT2D eigenvalue weighted by molar-refractivity contribution is 5.68. The zero-order valence-corrected chi connectivity index (χ0v) is 12.0. The molecule has 0 atom stereocenters. The molecule has 106 valence electrons. The Bertz CT molecular complexity index is 443. The van der Waals surface area contributed by atoms with Gasteiger partial charge in [0.25, 0.3) is 0 Å². The number of rotatable bonds is 1. The van der Waals surface area contributed by atoms with Crippen LogP contribution >= 0.6 is 0 Å². The van der Waals surface area contributed by atoms with E-state index in [4.69, 9.17) is 4.74 Å². The number of hydrogen-bond acceptors (Lipinski definition) is 5. The van der Waals surface area contributed by atoms with Crippen LogP contribution in [0.25, 0.3) is 0 Å². The lowest BCUT2D eigenvalue weighted by Gasteiger charge is -2.33. The molecule has 0 aliphatic carbocycles. The summed E-state index contributed by atoms with van der Waals surface area (Å²) in [7, 11) is 0. The van der Waals surface area contributed by atoms with Crippen LogP contribution in [0, 0.1) is 6.92 Å².